The fourth-order valence-corrected chi connectivity index (χ4v) is 3.04. The van der Waals surface area contributed by atoms with Gasteiger partial charge in [-0.15, -0.1) is 0 Å². The van der Waals surface area contributed by atoms with Gasteiger partial charge in [0, 0.05) is 15.6 Å². The zero-order valence-corrected chi connectivity index (χ0v) is 15.4. The van der Waals surface area contributed by atoms with E-state index >= 15 is 0 Å². The average molecular weight is 453 g/mol. The topological polar surface area (TPSA) is 42.2 Å². The second kappa shape index (κ2) is 8.18. The first-order valence-electron chi connectivity index (χ1n) is 6.51. The predicted molar refractivity (Wildman–Crippen MR) is 86.9 cm³/mol. The molecule has 2 rings (SSSR count). The molecule has 0 aliphatic carbocycles. The van der Waals surface area contributed by atoms with E-state index in [1.54, 1.807) is 12.1 Å². The SMILES string of the molecule is N#CC(O[Si]C(F)(F)F)c1c(Br)cccc1Oc1cc(F)cc(Cl)c1. The molecule has 0 spiro atoms. The lowest BCUT2D eigenvalue weighted by molar-refractivity contribution is -0.0616. The average Bonchev–Trinajstić information content (AvgIpc) is 2.48. The summed E-state index contributed by atoms with van der Waals surface area (Å²) in [5, 5.41) is 9.27. The van der Waals surface area contributed by atoms with Gasteiger partial charge < -0.3 is 9.16 Å². The van der Waals surface area contributed by atoms with Crippen molar-refractivity contribution in [1.29, 1.82) is 5.26 Å². The fourth-order valence-electron chi connectivity index (χ4n) is 1.85. The Bertz CT molecular complexity index is 793. The summed E-state index contributed by atoms with van der Waals surface area (Å²) >= 11 is 8.91. The van der Waals surface area contributed by atoms with Crippen LogP contribution < -0.4 is 4.74 Å². The van der Waals surface area contributed by atoms with Crippen molar-refractivity contribution in [3.8, 4) is 17.6 Å². The summed E-state index contributed by atoms with van der Waals surface area (Å²) < 4.78 is 61.1. The van der Waals surface area contributed by atoms with Crippen LogP contribution in [-0.4, -0.2) is 15.6 Å². The van der Waals surface area contributed by atoms with Gasteiger partial charge in [0.25, 0.3) is 0 Å². The van der Waals surface area contributed by atoms with Gasteiger partial charge in [-0.1, -0.05) is 33.6 Å². The van der Waals surface area contributed by atoms with Gasteiger partial charge in [-0.25, -0.2) is 4.39 Å². The van der Waals surface area contributed by atoms with Gasteiger partial charge in [-0.3, -0.25) is 0 Å². The van der Waals surface area contributed by atoms with Gasteiger partial charge >= 0.3 is 15.6 Å². The van der Waals surface area contributed by atoms with Gasteiger partial charge in [-0.05, 0) is 24.3 Å². The van der Waals surface area contributed by atoms with E-state index in [9.17, 15) is 22.8 Å². The van der Waals surface area contributed by atoms with Crippen LogP contribution in [0.2, 0.25) is 5.02 Å². The lowest BCUT2D eigenvalue weighted by Gasteiger charge is -2.18. The number of hydrogen-bond donors (Lipinski definition) is 0. The van der Waals surface area contributed by atoms with Crippen LogP contribution in [0.15, 0.2) is 40.9 Å². The van der Waals surface area contributed by atoms with Crippen molar-refractivity contribution in [1.82, 2.24) is 0 Å². The molecule has 0 aliphatic rings. The quantitative estimate of drug-likeness (QED) is 0.428. The zero-order chi connectivity index (χ0) is 18.6. The third-order valence-corrected chi connectivity index (χ3v) is 4.24. The minimum absolute atomic E-state index is 0.0271. The normalized spacial score (nSPS) is 12.5. The van der Waals surface area contributed by atoms with Crippen molar-refractivity contribution in [3.63, 3.8) is 0 Å². The maximum atomic E-state index is 13.4. The zero-order valence-electron chi connectivity index (χ0n) is 12.1. The first-order valence-corrected chi connectivity index (χ1v) is 8.59. The highest BCUT2D eigenvalue weighted by atomic mass is 79.9. The molecule has 3 nitrogen and oxygen atoms in total. The van der Waals surface area contributed by atoms with Crippen molar-refractivity contribution >= 4 is 37.3 Å². The third kappa shape index (κ3) is 5.71. The van der Waals surface area contributed by atoms with Gasteiger partial charge in [0.15, 0.2) is 6.10 Å². The lowest BCUT2D eigenvalue weighted by atomic mass is 10.1. The molecule has 2 aromatic rings. The Morgan fingerprint density at radius 2 is 1.96 bits per heavy atom. The maximum Gasteiger partial charge on any atom is 0.389 e. The third-order valence-electron chi connectivity index (χ3n) is 2.75. The second-order valence-electron chi connectivity index (χ2n) is 4.59. The maximum absolute atomic E-state index is 13.4. The lowest BCUT2D eigenvalue weighted by Crippen LogP contribution is -2.23. The minimum atomic E-state index is -4.56. The molecule has 0 fully saturated rings. The molecule has 0 aliphatic heterocycles. The molecule has 2 radical (unpaired) electrons. The number of halogens is 6. The molecule has 1 atom stereocenters. The van der Waals surface area contributed by atoms with Crippen LogP contribution in [0.1, 0.15) is 11.7 Å². The van der Waals surface area contributed by atoms with E-state index in [1.165, 1.54) is 18.2 Å². The summed E-state index contributed by atoms with van der Waals surface area (Å²) in [6, 6.07) is 9.59. The van der Waals surface area contributed by atoms with Crippen LogP contribution in [0.3, 0.4) is 0 Å². The van der Waals surface area contributed by atoms with Crippen LogP contribution in [0.25, 0.3) is 0 Å². The molecule has 0 aromatic heterocycles. The van der Waals surface area contributed by atoms with Crippen molar-refractivity contribution in [3.05, 3.63) is 57.3 Å². The summed E-state index contributed by atoms with van der Waals surface area (Å²) in [6.07, 6.45) is -1.53. The number of hydrogen-bond acceptors (Lipinski definition) is 3. The van der Waals surface area contributed by atoms with Crippen LogP contribution in [0.5, 0.6) is 11.5 Å². The van der Waals surface area contributed by atoms with E-state index < -0.39 is 27.5 Å². The van der Waals surface area contributed by atoms with Crippen molar-refractivity contribution < 1.29 is 26.7 Å². The van der Waals surface area contributed by atoms with E-state index in [0.717, 1.165) is 12.1 Å². The molecule has 0 amide bonds. The molecule has 10 heteroatoms. The monoisotopic (exact) mass is 451 g/mol. The van der Waals surface area contributed by atoms with Crippen molar-refractivity contribution in [2.45, 2.75) is 11.9 Å². The Balaban J connectivity index is 2.36. The Labute approximate surface area is 156 Å². The Morgan fingerprint density at radius 3 is 2.56 bits per heavy atom. The molecule has 1 unspecified atom stereocenters. The number of benzene rings is 2. The highest BCUT2D eigenvalue weighted by Crippen LogP contribution is 2.37. The molecule has 0 saturated heterocycles. The van der Waals surface area contributed by atoms with E-state index in [2.05, 4.69) is 20.4 Å². The summed E-state index contributed by atoms with van der Waals surface area (Å²) in [4.78, 5) is 0. The molecule has 0 N–H and O–H groups in total. The Morgan fingerprint density at radius 1 is 1.24 bits per heavy atom. The summed E-state index contributed by atoms with van der Waals surface area (Å²) in [5.41, 5.74) is 0.0575. The van der Waals surface area contributed by atoms with E-state index in [0.29, 0.717) is 4.47 Å². The molecular formula is C15H7BrClF4NO2Si. The van der Waals surface area contributed by atoms with E-state index in [1.807, 2.05) is 0 Å². The molecule has 0 heterocycles. The summed E-state index contributed by atoms with van der Waals surface area (Å²) in [6.45, 7) is 0. The van der Waals surface area contributed by atoms with Gasteiger partial charge in [0.2, 0.25) is 0 Å². The number of ether oxygens (including phenoxy) is 1. The van der Waals surface area contributed by atoms with Crippen LogP contribution in [0.4, 0.5) is 17.6 Å². The first-order chi connectivity index (χ1) is 11.7. The van der Waals surface area contributed by atoms with E-state index in [-0.39, 0.29) is 22.1 Å². The number of alkyl halides is 3. The fraction of sp³-hybridized carbons (Fsp3) is 0.133. The van der Waals surface area contributed by atoms with Gasteiger partial charge in [0.1, 0.15) is 17.3 Å². The van der Waals surface area contributed by atoms with Gasteiger partial charge in [0.05, 0.1) is 11.6 Å². The minimum Gasteiger partial charge on any atom is -0.457 e. The molecule has 25 heavy (non-hydrogen) atoms. The molecule has 0 bridgehead atoms. The summed E-state index contributed by atoms with van der Waals surface area (Å²) in [5.74, 6) is -5.15. The van der Waals surface area contributed by atoms with E-state index in [4.69, 9.17) is 16.3 Å². The molecular weight excluding hydrogens is 446 g/mol. The largest absolute Gasteiger partial charge is 0.457 e. The highest BCUT2D eigenvalue weighted by molar-refractivity contribution is 9.10. The molecule has 130 valence electrons. The molecule has 2 aromatic carbocycles. The highest BCUT2D eigenvalue weighted by Gasteiger charge is 2.34. The smallest absolute Gasteiger partial charge is 0.389 e. The van der Waals surface area contributed by atoms with Crippen molar-refractivity contribution in [2.75, 3.05) is 0 Å². The predicted octanol–water partition coefficient (Wildman–Crippen LogP) is 5.75. The number of nitriles is 1. The Kier molecular flexibility index (Phi) is 6.45. The van der Waals surface area contributed by atoms with Gasteiger partial charge in [-0.2, -0.15) is 18.4 Å². The van der Waals surface area contributed by atoms with Crippen LogP contribution in [0, 0.1) is 17.1 Å². The van der Waals surface area contributed by atoms with Crippen molar-refractivity contribution in [2.24, 2.45) is 0 Å². The standard InChI is InChI=1S/C15H7BrClF4NO2Si/c16-11-2-1-3-12(23-10-5-8(17)4-9(18)6-10)14(11)13(7-22)24-25-15(19,20)21/h1-6,13H. The molecule has 0 saturated carbocycles. The second-order valence-corrected chi connectivity index (χ2v) is 6.88. The number of rotatable bonds is 5. The number of nitrogens with zero attached hydrogens (tertiary/aromatic N) is 1. The Hall–Kier alpha value is -1.60. The summed E-state index contributed by atoms with van der Waals surface area (Å²) in [7, 11) is -1.87. The first kappa shape index (κ1) is 19.7. The van der Waals surface area contributed by atoms with Crippen LogP contribution in [-0.2, 0) is 4.43 Å². The van der Waals surface area contributed by atoms with Crippen LogP contribution >= 0.6 is 27.5 Å².